The molecule has 0 aromatic heterocycles. The highest BCUT2D eigenvalue weighted by atomic mass is 16.6. The first-order valence-corrected chi connectivity index (χ1v) is 13.6. The van der Waals surface area contributed by atoms with Gasteiger partial charge in [0, 0.05) is 12.5 Å². The number of hydrogen-bond donors (Lipinski definition) is 2. The Morgan fingerprint density at radius 1 is 1.03 bits per heavy atom. The number of aliphatic hydroxyl groups excluding tert-OH is 2. The van der Waals surface area contributed by atoms with Crippen LogP contribution in [0.3, 0.4) is 0 Å². The molecule has 4 heterocycles. The van der Waals surface area contributed by atoms with Gasteiger partial charge >= 0.3 is 5.97 Å². The number of fused-ring (bicyclic) bond motifs is 4. The summed E-state index contributed by atoms with van der Waals surface area (Å²) in [5.41, 5.74) is 2.15. The quantitative estimate of drug-likeness (QED) is 0.423. The molecule has 7 nitrogen and oxygen atoms in total. The molecule has 0 aliphatic carbocycles. The van der Waals surface area contributed by atoms with Crippen LogP contribution in [-0.2, 0) is 23.7 Å². The molecule has 4 aliphatic rings. The average Bonchev–Trinajstić information content (AvgIpc) is 3.24. The topological polar surface area (TPSA) is 94.5 Å². The zero-order chi connectivity index (χ0) is 26.4. The SMILES string of the molecule is C=C1CC(C)C[C@@H]2CC=C[C@@H](C/C=C\C(=O)O[C@H]3C[C@@H](OC3/C=C/[C@@H]3CC(C)=CCO3)[C@@H](O)[C@@H](O)C1)O2. The van der Waals surface area contributed by atoms with Gasteiger partial charge in [0.05, 0.1) is 37.1 Å². The zero-order valence-corrected chi connectivity index (χ0v) is 22.0. The Labute approximate surface area is 220 Å². The third kappa shape index (κ3) is 8.23. The average molecular weight is 515 g/mol. The molecule has 204 valence electrons. The second-order valence-corrected chi connectivity index (χ2v) is 11.0. The molecule has 0 aromatic rings. The normalized spacial score (nSPS) is 41.1. The van der Waals surface area contributed by atoms with Crippen molar-refractivity contribution in [1.82, 2.24) is 0 Å². The summed E-state index contributed by atoms with van der Waals surface area (Å²) in [5.74, 6) is -0.129. The van der Waals surface area contributed by atoms with Gasteiger partial charge in [0.1, 0.15) is 18.3 Å². The number of hydrogen-bond acceptors (Lipinski definition) is 7. The zero-order valence-electron chi connectivity index (χ0n) is 22.0. The molecule has 9 atom stereocenters. The molecule has 0 amide bonds. The number of carbonyl (C=O) groups excluding carboxylic acids is 1. The molecule has 2 unspecified atom stereocenters. The summed E-state index contributed by atoms with van der Waals surface area (Å²) in [6.07, 6.45) is 13.7. The summed E-state index contributed by atoms with van der Waals surface area (Å²) in [6, 6.07) is 0. The van der Waals surface area contributed by atoms with Crippen LogP contribution in [0.4, 0.5) is 0 Å². The van der Waals surface area contributed by atoms with E-state index in [1.54, 1.807) is 6.08 Å². The Hall–Kier alpha value is -2.03. The van der Waals surface area contributed by atoms with Crippen molar-refractivity contribution in [2.45, 2.75) is 108 Å². The van der Waals surface area contributed by atoms with Gasteiger partial charge in [0.2, 0.25) is 0 Å². The van der Waals surface area contributed by atoms with Crippen molar-refractivity contribution in [2.24, 2.45) is 5.92 Å². The first kappa shape index (κ1) is 28.0. The van der Waals surface area contributed by atoms with Gasteiger partial charge in [-0.2, -0.15) is 0 Å². The molecular weight excluding hydrogens is 472 g/mol. The molecule has 0 spiro atoms. The number of rotatable bonds is 2. The fraction of sp³-hybridized carbons (Fsp3) is 0.633. The van der Waals surface area contributed by atoms with E-state index in [0.717, 1.165) is 31.3 Å². The minimum atomic E-state index is -1.12. The lowest BCUT2D eigenvalue weighted by atomic mass is 9.90. The Morgan fingerprint density at radius 2 is 1.86 bits per heavy atom. The first-order valence-electron chi connectivity index (χ1n) is 13.6. The van der Waals surface area contributed by atoms with E-state index in [1.165, 1.54) is 11.6 Å². The molecule has 7 heteroatoms. The third-order valence-corrected chi connectivity index (χ3v) is 7.53. The van der Waals surface area contributed by atoms with Gasteiger partial charge in [-0.05, 0) is 51.4 Å². The van der Waals surface area contributed by atoms with Gasteiger partial charge in [-0.3, -0.25) is 0 Å². The minimum absolute atomic E-state index is 0.0723. The molecule has 0 saturated carbocycles. The summed E-state index contributed by atoms with van der Waals surface area (Å²) in [6.45, 7) is 8.95. The standard InChI is InChI=1S/C30H42O7/c1-19-12-13-34-23(15-19)10-11-26-27-18-28(36-26)30(33)25(31)17-21(3)14-20(2)16-24-8-4-6-22(35-24)7-5-9-29(32)37-27/h4-6,9-12,20,22-28,30-31,33H,3,7-8,13-18H2,1-2H3/b9-5-,11-10+/t20?,22-,23+,24-,25-,26?,27-,28+,30-/m0/s1. The second kappa shape index (κ2) is 13.2. The first-order chi connectivity index (χ1) is 17.8. The van der Waals surface area contributed by atoms with E-state index in [0.29, 0.717) is 18.9 Å². The van der Waals surface area contributed by atoms with E-state index in [-0.39, 0.29) is 31.2 Å². The highest BCUT2D eigenvalue weighted by Gasteiger charge is 2.42. The van der Waals surface area contributed by atoms with Crippen LogP contribution in [0.15, 0.2) is 60.3 Å². The number of esters is 1. The predicted octanol–water partition coefficient (Wildman–Crippen LogP) is 4.11. The van der Waals surface area contributed by atoms with E-state index in [2.05, 4.69) is 32.6 Å². The predicted molar refractivity (Wildman–Crippen MR) is 141 cm³/mol. The van der Waals surface area contributed by atoms with Crippen molar-refractivity contribution < 1.29 is 34.0 Å². The minimum Gasteiger partial charge on any atom is -0.456 e. The highest BCUT2D eigenvalue weighted by Crippen LogP contribution is 2.31. The lowest BCUT2D eigenvalue weighted by Gasteiger charge is -2.28. The van der Waals surface area contributed by atoms with Crippen LogP contribution in [0.2, 0.25) is 0 Å². The molecule has 37 heavy (non-hydrogen) atoms. The van der Waals surface area contributed by atoms with Crippen molar-refractivity contribution in [3.63, 3.8) is 0 Å². The maximum Gasteiger partial charge on any atom is 0.330 e. The Balaban J connectivity index is 1.49. The number of carbonyl (C=O) groups is 1. The van der Waals surface area contributed by atoms with Crippen LogP contribution >= 0.6 is 0 Å². The van der Waals surface area contributed by atoms with Gasteiger partial charge in [0.25, 0.3) is 0 Å². The molecule has 2 N–H and O–H groups in total. The van der Waals surface area contributed by atoms with Crippen LogP contribution in [-0.4, -0.2) is 71.6 Å². The van der Waals surface area contributed by atoms with Crippen molar-refractivity contribution in [2.75, 3.05) is 6.61 Å². The second-order valence-electron chi connectivity index (χ2n) is 11.0. The summed E-state index contributed by atoms with van der Waals surface area (Å²) < 4.78 is 23.9. The van der Waals surface area contributed by atoms with Crippen molar-refractivity contribution in [3.05, 3.63) is 60.3 Å². The van der Waals surface area contributed by atoms with Crippen LogP contribution in [0.1, 0.15) is 58.8 Å². The molecule has 1 saturated heterocycles. The van der Waals surface area contributed by atoms with E-state index in [9.17, 15) is 15.0 Å². The molecule has 4 rings (SSSR count). The van der Waals surface area contributed by atoms with Crippen LogP contribution in [0.25, 0.3) is 0 Å². The number of ether oxygens (including phenoxy) is 4. The summed E-state index contributed by atoms with van der Waals surface area (Å²) in [7, 11) is 0. The molecule has 4 bridgehead atoms. The van der Waals surface area contributed by atoms with Crippen LogP contribution in [0.5, 0.6) is 0 Å². The third-order valence-electron chi connectivity index (χ3n) is 7.53. The lowest BCUT2D eigenvalue weighted by molar-refractivity contribution is -0.144. The van der Waals surface area contributed by atoms with Crippen molar-refractivity contribution in [1.29, 1.82) is 0 Å². The highest BCUT2D eigenvalue weighted by molar-refractivity contribution is 5.82. The summed E-state index contributed by atoms with van der Waals surface area (Å²) in [4.78, 5) is 12.7. The molecule has 0 aromatic carbocycles. The van der Waals surface area contributed by atoms with Gasteiger partial charge in [-0.15, -0.1) is 0 Å². The Kier molecular flexibility index (Phi) is 9.96. The van der Waals surface area contributed by atoms with Crippen molar-refractivity contribution >= 4 is 5.97 Å². The smallest absolute Gasteiger partial charge is 0.330 e. The van der Waals surface area contributed by atoms with Crippen LogP contribution < -0.4 is 0 Å². The van der Waals surface area contributed by atoms with E-state index in [1.807, 2.05) is 18.2 Å². The Morgan fingerprint density at radius 3 is 2.68 bits per heavy atom. The molecule has 4 aliphatic heterocycles. The summed E-state index contributed by atoms with van der Waals surface area (Å²) in [5, 5.41) is 21.7. The largest absolute Gasteiger partial charge is 0.456 e. The fourth-order valence-electron chi connectivity index (χ4n) is 5.62. The van der Waals surface area contributed by atoms with Crippen molar-refractivity contribution in [3.8, 4) is 0 Å². The van der Waals surface area contributed by atoms with E-state index in [4.69, 9.17) is 18.9 Å². The van der Waals surface area contributed by atoms with Gasteiger partial charge in [0.15, 0.2) is 0 Å². The maximum absolute atomic E-state index is 12.7. The fourth-order valence-corrected chi connectivity index (χ4v) is 5.62. The van der Waals surface area contributed by atoms with E-state index >= 15 is 0 Å². The number of aliphatic hydroxyl groups is 2. The van der Waals surface area contributed by atoms with Crippen LogP contribution in [0, 0.1) is 5.92 Å². The maximum atomic E-state index is 12.7. The lowest BCUT2D eigenvalue weighted by Crippen LogP contribution is -2.37. The van der Waals surface area contributed by atoms with Gasteiger partial charge in [-0.1, -0.05) is 61.1 Å². The van der Waals surface area contributed by atoms with Gasteiger partial charge < -0.3 is 29.2 Å². The Bertz CT molecular complexity index is 919. The van der Waals surface area contributed by atoms with Gasteiger partial charge in [-0.25, -0.2) is 4.79 Å². The molecule has 1 fully saturated rings. The molecule has 0 radical (unpaired) electrons. The molecular formula is C30H42O7. The summed E-state index contributed by atoms with van der Waals surface area (Å²) >= 11 is 0. The van der Waals surface area contributed by atoms with E-state index < -0.39 is 36.5 Å². The monoisotopic (exact) mass is 514 g/mol.